The van der Waals surface area contributed by atoms with Crippen molar-refractivity contribution in [3.05, 3.63) is 57.0 Å². The minimum atomic E-state index is -0.0710. The lowest BCUT2D eigenvalue weighted by molar-refractivity contribution is -0.118. The maximum absolute atomic E-state index is 13.2. The highest BCUT2D eigenvalue weighted by Gasteiger charge is 2.17. The summed E-state index contributed by atoms with van der Waals surface area (Å²) in [5.74, 6) is 0.146. The molecule has 0 atom stereocenters. The summed E-state index contributed by atoms with van der Waals surface area (Å²) in [6.07, 6.45) is 0. The molecule has 31 heavy (non-hydrogen) atoms. The minimum Gasteiger partial charge on any atom is -0.350 e. The second-order valence-electron chi connectivity index (χ2n) is 7.94. The van der Waals surface area contributed by atoms with Crippen molar-refractivity contribution in [3.63, 3.8) is 0 Å². The standard InChI is InChI=1S/C23H30N4O2S2/c1-16(2)26(17(3)4)11-12-27-22(29)19-9-5-6-10-20(19)25-23(27)31-15-21(28)24-14-18-8-7-13-30-18/h5-10,13,16-17H,11-12,14-15H2,1-4H3,(H,24,28). The summed E-state index contributed by atoms with van der Waals surface area (Å²) in [6, 6.07) is 12.1. The van der Waals surface area contributed by atoms with Gasteiger partial charge in [-0.3, -0.25) is 19.1 Å². The Hall–Kier alpha value is -2.16. The van der Waals surface area contributed by atoms with Gasteiger partial charge < -0.3 is 5.32 Å². The second-order valence-corrected chi connectivity index (χ2v) is 9.91. The van der Waals surface area contributed by atoms with E-state index in [0.717, 1.165) is 11.4 Å². The van der Waals surface area contributed by atoms with Crippen LogP contribution in [0.25, 0.3) is 10.9 Å². The lowest BCUT2D eigenvalue weighted by Crippen LogP contribution is -2.40. The van der Waals surface area contributed by atoms with Crippen molar-refractivity contribution in [1.29, 1.82) is 0 Å². The molecule has 0 fully saturated rings. The van der Waals surface area contributed by atoms with Gasteiger partial charge in [-0.2, -0.15) is 0 Å². The number of para-hydroxylation sites is 1. The van der Waals surface area contributed by atoms with Crippen LogP contribution in [0.3, 0.4) is 0 Å². The van der Waals surface area contributed by atoms with Crippen LogP contribution in [0, 0.1) is 0 Å². The number of thioether (sulfide) groups is 1. The highest BCUT2D eigenvalue weighted by atomic mass is 32.2. The van der Waals surface area contributed by atoms with E-state index in [1.165, 1.54) is 11.8 Å². The van der Waals surface area contributed by atoms with Crippen LogP contribution in [0.5, 0.6) is 0 Å². The number of nitrogens with zero attached hydrogens (tertiary/aromatic N) is 3. The molecule has 0 aliphatic heterocycles. The summed E-state index contributed by atoms with van der Waals surface area (Å²) in [6.45, 7) is 10.4. The first kappa shape index (κ1) is 23.5. The first-order valence-electron chi connectivity index (χ1n) is 10.5. The Morgan fingerprint density at radius 1 is 1.16 bits per heavy atom. The summed E-state index contributed by atoms with van der Waals surface area (Å²) < 4.78 is 1.72. The zero-order valence-corrected chi connectivity index (χ0v) is 20.1. The molecule has 6 nitrogen and oxygen atoms in total. The number of aromatic nitrogens is 2. The van der Waals surface area contributed by atoms with Crippen LogP contribution in [0.4, 0.5) is 0 Å². The van der Waals surface area contributed by atoms with E-state index < -0.39 is 0 Å². The van der Waals surface area contributed by atoms with Crippen molar-refractivity contribution in [1.82, 2.24) is 19.8 Å². The molecule has 0 aliphatic carbocycles. The van der Waals surface area contributed by atoms with Crippen molar-refractivity contribution in [3.8, 4) is 0 Å². The van der Waals surface area contributed by atoms with E-state index in [-0.39, 0.29) is 17.2 Å². The third-order valence-electron chi connectivity index (χ3n) is 5.11. The van der Waals surface area contributed by atoms with E-state index in [4.69, 9.17) is 4.98 Å². The lowest BCUT2D eigenvalue weighted by Gasteiger charge is -2.30. The summed E-state index contributed by atoms with van der Waals surface area (Å²) in [5, 5.41) is 6.12. The van der Waals surface area contributed by atoms with Gasteiger partial charge in [0, 0.05) is 30.1 Å². The average molecular weight is 459 g/mol. The number of amides is 1. The monoisotopic (exact) mass is 458 g/mol. The van der Waals surface area contributed by atoms with E-state index in [1.807, 2.05) is 41.8 Å². The summed E-state index contributed by atoms with van der Waals surface area (Å²) in [4.78, 5) is 33.8. The van der Waals surface area contributed by atoms with Crippen LogP contribution in [-0.2, 0) is 17.9 Å². The molecule has 1 aromatic carbocycles. The van der Waals surface area contributed by atoms with Gasteiger partial charge in [-0.05, 0) is 51.3 Å². The molecule has 0 aliphatic rings. The molecule has 0 unspecified atom stereocenters. The number of hydrogen-bond donors (Lipinski definition) is 1. The molecule has 1 N–H and O–H groups in total. The highest BCUT2D eigenvalue weighted by Crippen LogP contribution is 2.18. The van der Waals surface area contributed by atoms with Gasteiger partial charge in [0.05, 0.1) is 23.2 Å². The van der Waals surface area contributed by atoms with Gasteiger partial charge in [-0.25, -0.2) is 4.98 Å². The molecule has 8 heteroatoms. The van der Waals surface area contributed by atoms with E-state index >= 15 is 0 Å². The Bertz CT molecular complexity index is 1050. The maximum Gasteiger partial charge on any atom is 0.262 e. The number of fused-ring (bicyclic) bond motifs is 1. The third kappa shape index (κ3) is 6.18. The smallest absolute Gasteiger partial charge is 0.262 e. The summed E-state index contributed by atoms with van der Waals surface area (Å²) >= 11 is 2.93. The Labute approximate surface area is 191 Å². The molecule has 0 saturated carbocycles. The molecule has 166 valence electrons. The fraction of sp³-hybridized carbons (Fsp3) is 0.435. The maximum atomic E-state index is 13.2. The SMILES string of the molecule is CC(C)N(CCn1c(SCC(=O)NCc2cccs2)nc2ccccc2c1=O)C(C)C. The average Bonchev–Trinajstić information content (AvgIpc) is 3.25. The van der Waals surface area contributed by atoms with Crippen LogP contribution in [0.2, 0.25) is 0 Å². The molecule has 0 bridgehead atoms. The van der Waals surface area contributed by atoms with Gasteiger partial charge in [0.15, 0.2) is 5.16 Å². The quantitative estimate of drug-likeness (QED) is 0.368. The Balaban J connectivity index is 1.78. The van der Waals surface area contributed by atoms with Crippen LogP contribution >= 0.6 is 23.1 Å². The first-order chi connectivity index (χ1) is 14.9. The Morgan fingerprint density at radius 2 is 1.90 bits per heavy atom. The molecule has 0 radical (unpaired) electrons. The van der Waals surface area contributed by atoms with Gasteiger partial charge in [-0.15, -0.1) is 11.3 Å². The number of carbonyl (C=O) groups excluding carboxylic acids is 1. The summed E-state index contributed by atoms with van der Waals surface area (Å²) in [7, 11) is 0. The molecule has 1 amide bonds. The molecule has 3 rings (SSSR count). The first-order valence-corrected chi connectivity index (χ1v) is 12.4. The molecular weight excluding hydrogens is 428 g/mol. The van der Waals surface area contributed by atoms with Crippen molar-refractivity contribution >= 4 is 39.9 Å². The molecule has 2 heterocycles. The van der Waals surface area contributed by atoms with Gasteiger partial charge in [0.2, 0.25) is 5.91 Å². The number of benzene rings is 1. The number of rotatable bonds is 10. The number of thiophene rings is 1. The van der Waals surface area contributed by atoms with E-state index in [9.17, 15) is 9.59 Å². The Morgan fingerprint density at radius 3 is 2.58 bits per heavy atom. The van der Waals surface area contributed by atoms with Gasteiger partial charge in [0.25, 0.3) is 5.56 Å². The van der Waals surface area contributed by atoms with Crippen LogP contribution in [0.15, 0.2) is 51.7 Å². The molecule has 2 aromatic heterocycles. The largest absolute Gasteiger partial charge is 0.350 e. The minimum absolute atomic E-state index is 0.0560. The van der Waals surface area contributed by atoms with E-state index in [2.05, 4.69) is 37.9 Å². The number of nitrogens with one attached hydrogen (secondary N) is 1. The predicted molar refractivity (Wildman–Crippen MR) is 130 cm³/mol. The van der Waals surface area contributed by atoms with Crippen molar-refractivity contribution in [2.24, 2.45) is 0 Å². The molecule has 0 spiro atoms. The number of carbonyl (C=O) groups is 1. The van der Waals surface area contributed by atoms with Crippen LogP contribution in [0.1, 0.15) is 32.6 Å². The van der Waals surface area contributed by atoms with Crippen molar-refractivity contribution in [2.75, 3.05) is 12.3 Å². The zero-order chi connectivity index (χ0) is 22.4. The molecule has 3 aromatic rings. The number of hydrogen-bond acceptors (Lipinski definition) is 6. The zero-order valence-electron chi connectivity index (χ0n) is 18.5. The van der Waals surface area contributed by atoms with Crippen molar-refractivity contribution in [2.45, 2.75) is 58.0 Å². The molecule has 0 saturated heterocycles. The van der Waals surface area contributed by atoms with Gasteiger partial charge in [0.1, 0.15) is 0 Å². The fourth-order valence-corrected chi connectivity index (χ4v) is 5.06. The predicted octanol–water partition coefficient (Wildman–Crippen LogP) is 3.99. The van der Waals surface area contributed by atoms with Gasteiger partial charge >= 0.3 is 0 Å². The highest BCUT2D eigenvalue weighted by molar-refractivity contribution is 7.99. The third-order valence-corrected chi connectivity index (χ3v) is 6.96. The summed E-state index contributed by atoms with van der Waals surface area (Å²) in [5.41, 5.74) is 0.606. The lowest BCUT2D eigenvalue weighted by atomic mass is 10.2. The van der Waals surface area contributed by atoms with E-state index in [1.54, 1.807) is 15.9 Å². The van der Waals surface area contributed by atoms with Gasteiger partial charge in [-0.1, -0.05) is 30.0 Å². The van der Waals surface area contributed by atoms with Crippen molar-refractivity contribution < 1.29 is 4.79 Å². The van der Waals surface area contributed by atoms with Crippen LogP contribution in [-0.4, -0.2) is 44.7 Å². The normalized spacial score (nSPS) is 11.7. The molecular formula is C23H30N4O2S2. The Kier molecular flexibility index (Phi) is 8.28. The van der Waals surface area contributed by atoms with Crippen LogP contribution < -0.4 is 10.9 Å². The topological polar surface area (TPSA) is 67.2 Å². The second kappa shape index (κ2) is 10.9. The van der Waals surface area contributed by atoms with E-state index in [0.29, 0.717) is 41.2 Å². The fourth-order valence-electron chi connectivity index (χ4n) is 3.56.